The number of rotatable bonds is 6. The van der Waals surface area contributed by atoms with Crippen molar-refractivity contribution in [2.45, 2.75) is 57.6 Å². The maximum Gasteiger partial charge on any atom is 0.225 e. The van der Waals surface area contributed by atoms with Crippen LogP contribution in [-0.2, 0) is 14.8 Å². The summed E-state index contributed by atoms with van der Waals surface area (Å²) in [6, 6.07) is 0. The molecule has 0 spiro atoms. The van der Waals surface area contributed by atoms with Crippen LogP contribution in [-0.4, -0.2) is 37.6 Å². The van der Waals surface area contributed by atoms with Crippen LogP contribution in [0.1, 0.15) is 52.4 Å². The Morgan fingerprint density at radius 2 is 1.89 bits per heavy atom. The summed E-state index contributed by atoms with van der Waals surface area (Å²) in [4.78, 5) is 14.1. The Balaban J connectivity index is 2.69. The lowest BCUT2D eigenvalue weighted by Gasteiger charge is -2.34. The Morgan fingerprint density at radius 3 is 2.37 bits per heavy atom. The van der Waals surface area contributed by atoms with E-state index in [9.17, 15) is 13.2 Å². The summed E-state index contributed by atoms with van der Waals surface area (Å²) in [5, 5.41) is 4.61. The Hall–Kier alpha value is -0.620. The van der Waals surface area contributed by atoms with Gasteiger partial charge in [-0.3, -0.25) is 4.79 Å². The van der Waals surface area contributed by atoms with Gasteiger partial charge in [0.25, 0.3) is 0 Å². The van der Waals surface area contributed by atoms with Crippen LogP contribution in [0.5, 0.6) is 0 Å². The van der Waals surface area contributed by atoms with E-state index in [1.54, 1.807) is 4.90 Å². The van der Waals surface area contributed by atoms with Gasteiger partial charge in [-0.15, -0.1) is 0 Å². The molecule has 19 heavy (non-hydrogen) atoms. The van der Waals surface area contributed by atoms with Gasteiger partial charge in [0.2, 0.25) is 15.9 Å². The fourth-order valence-electron chi connectivity index (χ4n) is 2.75. The Labute approximate surface area is 116 Å². The molecule has 0 aromatic carbocycles. The van der Waals surface area contributed by atoms with E-state index in [0.29, 0.717) is 13.0 Å². The van der Waals surface area contributed by atoms with Crippen molar-refractivity contribution in [2.75, 3.05) is 13.1 Å². The highest BCUT2D eigenvalue weighted by atomic mass is 32.2. The summed E-state index contributed by atoms with van der Waals surface area (Å²) < 4.78 is 22.8. The number of hydrogen-bond acceptors (Lipinski definition) is 3. The topological polar surface area (TPSA) is 80.5 Å². The first-order chi connectivity index (χ1) is 8.90. The summed E-state index contributed by atoms with van der Waals surface area (Å²) in [6.07, 6.45) is 4.99. The Bertz CT molecular complexity index is 389. The standard InChI is InChI=1S/C13H26N2O3S/c1-3-6-11(7-4-2)13(16)15-9-5-8-12(10-15)19(14,17)18/h11-12H,3-10H2,1-2H3,(H2,14,17,18). The van der Waals surface area contributed by atoms with E-state index in [-0.39, 0.29) is 18.4 Å². The molecule has 1 unspecified atom stereocenters. The predicted octanol–water partition coefficient (Wildman–Crippen LogP) is 1.48. The lowest BCUT2D eigenvalue weighted by molar-refractivity contribution is -0.136. The number of primary sulfonamides is 1. The normalized spacial score (nSPS) is 20.8. The number of amides is 1. The number of hydrogen-bond donors (Lipinski definition) is 1. The summed E-state index contributed by atoms with van der Waals surface area (Å²) in [6.45, 7) is 5.06. The second-order valence-corrected chi connectivity index (χ2v) is 7.26. The van der Waals surface area contributed by atoms with E-state index < -0.39 is 15.3 Å². The number of sulfonamides is 1. The molecule has 1 heterocycles. The highest BCUT2D eigenvalue weighted by molar-refractivity contribution is 7.89. The van der Waals surface area contributed by atoms with Gasteiger partial charge in [0.1, 0.15) is 0 Å². The van der Waals surface area contributed by atoms with E-state index in [2.05, 4.69) is 13.8 Å². The summed E-state index contributed by atoms with van der Waals surface area (Å²) >= 11 is 0. The minimum absolute atomic E-state index is 0.0363. The monoisotopic (exact) mass is 290 g/mol. The van der Waals surface area contributed by atoms with Crippen LogP contribution in [0.15, 0.2) is 0 Å². The first-order valence-electron chi connectivity index (χ1n) is 7.20. The molecule has 0 aliphatic carbocycles. The molecule has 2 N–H and O–H groups in total. The molecule has 1 rings (SSSR count). The molecule has 0 aromatic heterocycles. The molecule has 1 atom stereocenters. The van der Waals surface area contributed by atoms with Gasteiger partial charge in [0, 0.05) is 19.0 Å². The van der Waals surface area contributed by atoms with Crippen molar-refractivity contribution in [2.24, 2.45) is 11.1 Å². The number of likely N-dealkylation sites (tertiary alicyclic amines) is 1. The van der Waals surface area contributed by atoms with Gasteiger partial charge in [-0.25, -0.2) is 13.6 Å². The van der Waals surface area contributed by atoms with Gasteiger partial charge in [0.05, 0.1) is 5.25 Å². The molecule has 0 saturated carbocycles. The highest BCUT2D eigenvalue weighted by Gasteiger charge is 2.32. The third kappa shape index (κ3) is 4.76. The van der Waals surface area contributed by atoms with Crippen molar-refractivity contribution < 1.29 is 13.2 Å². The zero-order chi connectivity index (χ0) is 14.5. The van der Waals surface area contributed by atoms with Gasteiger partial charge in [-0.1, -0.05) is 26.7 Å². The number of piperidine rings is 1. The zero-order valence-electron chi connectivity index (χ0n) is 12.0. The summed E-state index contributed by atoms with van der Waals surface area (Å²) in [5.74, 6) is 0.145. The molecule has 5 nitrogen and oxygen atoms in total. The molecule has 1 fully saturated rings. The van der Waals surface area contributed by atoms with Gasteiger partial charge >= 0.3 is 0 Å². The second-order valence-electron chi connectivity index (χ2n) is 5.41. The van der Waals surface area contributed by atoms with Crippen molar-refractivity contribution in [1.82, 2.24) is 4.90 Å². The Morgan fingerprint density at radius 1 is 1.32 bits per heavy atom. The molecule has 0 bridgehead atoms. The molecule has 112 valence electrons. The quantitative estimate of drug-likeness (QED) is 0.804. The molecule has 6 heteroatoms. The maximum atomic E-state index is 12.4. The fraction of sp³-hybridized carbons (Fsp3) is 0.923. The van der Waals surface area contributed by atoms with E-state index in [1.165, 1.54) is 0 Å². The van der Waals surface area contributed by atoms with Crippen molar-refractivity contribution in [3.8, 4) is 0 Å². The lowest BCUT2D eigenvalue weighted by Crippen LogP contribution is -2.48. The average molecular weight is 290 g/mol. The molecule has 0 radical (unpaired) electrons. The predicted molar refractivity (Wildman–Crippen MR) is 76.0 cm³/mol. The SMILES string of the molecule is CCCC(CCC)C(=O)N1CCCC(S(N)(=O)=O)C1. The largest absolute Gasteiger partial charge is 0.341 e. The molecule has 0 aromatic rings. The first-order valence-corrected chi connectivity index (χ1v) is 8.81. The van der Waals surface area contributed by atoms with Crippen molar-refractivity contribution >= 4 is 15.9 Å². The minimum Gasteiger partial charge on any atom is -0.341 e. The van der Waals surface area contributed by atoms with E-state index >= 15 is 0 Å². The number of nitrogens with two attached hydrogens (primary N) is 1. The molecular weight excluding hydrogens is 264 g/mol. The molecular formula is C13H26N2O3S. The third-order valence-corrected chi connectivity index (χ3v) is 5.09. The van der Waals surface area contributed by atoms with Gasteiger partial charge < -0.3 is 4.90 Å². The van der Waals surface area contributed by atoms with Crippen molar-refractivity contribution in [3.05, 3.63) is 0 Å². The maximum absolute atomic E-state index is 12.4. The van der Waals surface area contributed by atoms with Gasteiger partial charge in [0.15, 0.2) is 0 Å². The number of nitrogens with zero attached hydrogens (tertiary/aromatic N) is 1. The molecule has 1 aliphatic rings. The molecule has 1 aliphatic heterocycles. The smallest absolute Gasteiger partial charge is 0.225 e. The molecule has 1 saturated heterocycles. The number of carbonyl (C=O) groups is 1. The van der Waals surface area contributed by atoms with Crippen LogP contribution < -0.4 is 5.14 Å². The van der Waals surface area contributed by atoms with Crippen LogP contribution in [0.2, 0.25) is 0 Å². The van der Waals surface area contributed by atoms with Crippen LogP contribution >= 0.6 is 0 Å². The zero-order valence-corrected chi connectivity index (χ0v) is 12.8. The van der Waals surface area contributed by atoms with Gasteiger partial charge in [-0.2, -0.15) is 0 Å². The highest BCUT2D eigenvalue weighted by Crippen LogP contribution is 2.21. The Kier molecular flexibility index (Phi) is 6.26. The second kappa shape index (κ2) is 7.24. The molecule has 1 amide bonds. The van der Waals surface area contributed by atoms with E-state index in [1.807, 2.05) is 0 Å². The van der Waals surface area contributed by atoms with E-state index in [4.69, 9.17) is 5.14 Å². The van der Waals surface area contributed by atoms with Crippen LogP contribution in [0.3, 0.4) is 0 Å². The van der Waals surface area contributed by atoms with Crippen LogP contribution in [0.4, 0.5) is 0 Å². The third-order valence-electron chi connectivity index (χ3n) is 3.78. The first kappa shape index (κ1) is 16.4. The van der Waals surface area contributed by atoms with E-state index in [0.717, 1.165) is 32.1 Å². The van der Waals surface area contributed by atoms with Gasteiger partial charge in [-0.05, 0) is 25.7 Å². The number of carbonyl (C=O) groups excluding carboxylic acids is 1. The van der Waals surface area contributed by atoms with Crippen LogP contribution in [0, 0.1) is 5.92 Å². The summed E-state index contributed by atoms with van der Waals surface area (Å²) in [5.41, 5.74) is 0. The average Bonchev–Trinajstić information content (AvgIpc) is 2.37. The fourth-order valence-corrected chi connectivity index (χ4v) is 3.64. The summed E-state index contributed by atoms with van der Waals surface area (Å²) in [7, 11) is -3.54. The minimum atomic E-state index is -3.54. The van der Waals surface area contributed by atoms with Crippen molar-refractivity contribution in [3.63, 3.8) is 0 Å². The van der Waals surface area contributed by atoms with Crippen LogP contribution in [0.25, 0.3) is 0 Å². The lowest BCUT2D eigenvalue weighted by atomic mass is 9.95. The van der Waals surface area contributed by atoms with Crippen molar-refractivity contribution in [1.29, 1.82) is 0 Å².